The van der Waals surface area contributed by atoms with Crippen molar-refractivity contribution in [3.05, 3.63) is 28.2 Å². The number of benzene rings is 1. The van der Waals surface area contributed by atoms with E-state index in [1.54, 1.807) is 0 Å². The topological polar surface area (TPSA) is 61.8 Å². The average molecular weight is 284 g/mol. The quantitative estimate of drug-likeness (QED) is 0.387. The molecule has 0 radical (unpaired) electrons. The van der Waals surface area contributed by atoms with Gasteiger partial charge in [0.15, 0.2) is 5.84 Å². The van der Waals surface area contributed by atoms with Crippen molar-refractivity contribution in [2.45, 2.75) is 18.9 Å². The number of hydrogen-bond donors (Lipinski definition) is 2. The second-order valence-electron chi connectivity index (χ2n) is 3.99. The van der Waals surface area contributed by atoms with Crippen molar-refractivity contribution in [3.63, 3.8) is 0 Å². The lowest BCUT2D eigenvalue weighted by Crippen LogP contribution is -2.20. The van der Waals surface area contributed by atoms with Gasteiger partial charge in [-0.25, -0.2) is 0 Å². The number of nitrogens with zero attached hydrogens (tertiary/aromatic N) is 2. The molecule has 4 nitrogen and oxygen atoms in total. The summed E-state index contributed by atoms with van der Waals surface area (Å²) in [6.45, 7) is 0. The molecule has 0 amide bonds. The zero-order valence-electron chi connectivity index (χ0n) is 9.02. The van der Waals surface area contributed by atoms with Gasteiger partial charge in [0.1, 0.15) is 0 Å². The lowest BCUT2D eigenvalue weighted by atomic mass is 10.2. The summed E-state index contributed by atoms with van der Waals surface area (Å²) in [7, 11) is 2.09. The molecule has 0 bridgehead atoms. The van der Waals surface area contributed by atoms with Gasteiger partial charge in [0, 0.05) is 28.8 Å². The van der Waals surface area contributed by atoms with Crippen molar-refractivity contribution in [2.24, 2.45) is 10.9 Å². The van der Waals surface area contributed by atoms with E-state index >= 15 is 0 Å². The van der Waals surface area contributed by atoms with Crippen LogP contribution in [0.3, 0.4) is 0 Å². The third kappa shape index (κ3) is 2.14. The minimum Gasteiger partial charge on any atom is -0.409 e. The maximum Gasteiger partial charge on any atom is 0.171 e. The predicted molar refractivity (Wildman–Crippen MR) is 68.1 cm³/mol. The standard InChI is InChI=1S/C11H14BrN3O/c1-15(7-2-3-7)8-4-5-9(10(12)6-8)11(13)14-16/h4-7,16H,2-3H2,1H3,(H2,13,14). The zero-order chi connectivity index (χ0) is 11.7. The van der Waals surface area contributed by atoms with E-state index in [1.165, 1.54) is 12.8 Å². The van der Waals surface area contributed by atoms with Crippen LogP contribution in [0.4, 0.5) is 5.69 Å². The summed E-state index contributed by atoms with van der Waals surface area (Å²) in [6, 6.07) is 6.50. The average Bonchev–Trinajstić information content (AvgIpc) is 3.10. The Morgan fingerprint density at radius 1 is 1.56 bits per heavy atom. The summed E-state index contributed by atoms with van der Waals surface area (Å²) >= 11 is 3.43. The molecule has 1 aromatic carbocycles. The van der Waals surface area contributed by atoms with E-state index in [0.717, 1.165) is 10.2 Å². The van der Waals surface area contributed by atoms with Gasteiger partial charge in [-0.1, -0.05) is 5.16 Å². The van der Waals surface area contributed by atoms with Gasteiger partial charge < -0.3 is 15.8 Å². The Balaban J connectivity index is 2.28. The van der Waals surface area contributed by atoms with Crippen LogP contribution in [-0.2, 0) is 0 Å². The highest BCUT2D eigenvalue weighted by Gasteiger charge is 2.26. The van der Waals surface area contributed by atoms with Crippen molar-refractivity contribution >= 4 is 27.5 Å². The van der Waals surface area contributed by atoms with E-state index in [2.05, 4.69) is 33.0 Å². The summed E-state index contributed by atoms with van der Waals surface area (Å²) in [6.07, 6.45) is 2.52. The third-order valence-corrected chi connectivity index (χ3v) is 3.49. The van der Waals surface area contributed by atoms with Crippen LogP contribution in [0.15, 0.2) is 27.8 Å². The molecule has 1 saturated carbocycles. The van der Waals surface area contributed by atoms with E-state index in [0.29, 0.717) is 11.6 Å². The van der Waals surface area contributed by atoms with Crippen LogP contribution in [0, 0.1) is 0 Å². The smallest absolute Gasteiger partial charge is 0.171 e. The van der Waals surface area contributed by atoms with E-state index in [-0.39, 0.29) is 5.84 Å². The van der Waals surface area contributed by atoms with E-state index < -0.39 is 0 Å². The normalized spacial score (nSPS) is 16.2. The van der Waals surface area contributed by atoms with Crippen LogP contribution < -0.4 is 10.6 Å². The molecule has 0 spiro atoms. The summed E-state index contributed by atoms with van der Waals surface area (Å²) in [4.78, 5) is 2.25. The molecule has 1 aliphatic rings. The van der Waals surface area contributed by atoms with E-state index in [9.17, 15) is 0 Å². The monoisotopic (exact) mass is 283 g/mol. The summed E-state index contributed by atoms with van der Waals surface area (Å²) < 4.78 is 0.841. The van der Waals surface area contributed by atoms with E-state index in [1.807, 2.05) is 18.2 Å². The number of nitrogens with two attached hydrogens (primary N) is 1. The fraction of sp³-hybridized carbons (Fsp3) is 0.364. The Bertz CT molecular complexity index is 429. The van der Waals surface area contributed by atoms with Crippen molar-refractivity contribution < 1.29 is 5.21 Å². The summed E-state index contributed by atoms with van der Waals surface area (Å²) in [5, 5.41) is 11.6. The first-order valence-corrected chi connectivity index (χ1v) is 5.93. The third-order valence-electron chi connectivity index (χ3n) is 2.84. The van der Waals surface area contributed by atoms with Crippen LogP contribution >= 0.6 is 15.9 Å². The number of hydrogen-bond acceptors (Lipinski definition) is 3. The highest BCUT2D eigenvalue weighted by Crippen LogP contribution is 2.32. The van der Waals surface area contributed by atoms with Crippen LogP contribution in [0.1, 0.15) is 18.4 Å². The molecule has 2 rings (SSSR count). The minimum absolute atomic E-state index is 0.118. The van der Waals surface area contributed by atoms with Crippen molar-refractivity contribution in [1.29, 1.82) is 0 Å². The molecule has 0 atom stereocenters. The number of amidine groups is 1. The molecular weight excluding hydrogens is 270 g/mol. The molecule has 1 fully saturated rings. The fourth-order valence-corrected chi connectivity index (χ4v) is 2.23. The SMILES string of the molecule is CN(c1ccc(/C(N)=N/O)c(Br)c1)C1CC1. The lowest BCUT2D eigenvalue weighted by molar-refractivity contribution is 0.318. The van der Waals surface area contributed by atoms with Gasteiger partial charge in [-0.15, -0.1) is 0 Å². The van der Waals surface area contributed by atoms with Gasteiger partial charge in [-0.3, -0.25) is 0 Å². The van der Waals surface area contributed by atoms with Crippen molar-refractivity contribution in [1.82, 2.24) is 0 Å². The van der Waals surface area contributed by atoms with Gasteiger partial charge in [-0.05, 0) is 47.0 Å². The number of rotatable bonds is 3. The van der Waals surface area contributed by atoms with Gasteiger partial charge in [0.25, 0.3) is 0 Å². The summed E-state index contributed by atoms with van der Waals surface area (Å²) in [5.74, 6) is 0.118. The van der Waals surface area contributed by atoms with Gasteiger partial charge in [0.2, 0.25) is 0 Å². The van der Waals surface area contributed by atoms with Crippen molar-refractivity contribution in [2.75, 3.05) is 11.9 Å². The molecule has 1 aliphatic carbocycles. The first-order chi connectivity index (χ1) is 7.63. The van der Waals surface area contributed by atoms with Gasteiger partial charge in [-0.2, -0.15) is 0 Å². The summed E-state index contributed by atoms with van der Waals surface area (Å²) in [5.41, 5.74) is 7.40. The minimum atomic E-state index is 0.118. The Kier molecular flexibility index (Phi) is 3.05. The van der Waals surface area contributed by atoms with Crippen LogP contribution in [0.5, 0.6) is 0 Å². The molecule has 1 aromatic rings. The predicted octanol–water partition coefficient (Wildman–Crippen LogP) is 2.14. The van der Waals surface area contributed by atoms with Gasteiger partial charge >= 0.3 is 0 Å². The fourth-order valence-electron chi connectivity index (χ4n) is 1.66. The molecule has 0 aromatic heterocycles. The van der Waals surface area contributed by atoms with E-state index in [4.69, 9.17) is 10.9 Å². The second-order valence-corrected chi connectivity index (χ2v) is 4.85. The number of anilines is 1. The molecular formula is C11H14BrN3O. The maximum atomic E-state index is 8.62. The maximum absolute atomic E-state index is 8.62. The lowest BCUT2D eigenvalue weighted by Gasteiger charge is -2.19. The molecule has 0 heterocycles. The Labute approximate surface area is 103 Å². The Morgan fingerprint density at radius 3 is 2.75 bits per heavy atom. The molecule has 0 saturated heterocycles. The molecule has 0 unspecified atom stereocenters. The van der Waals surface area contributed by atoms with Gasteiger partial charge in [0.05, 0.1) is 0 Å². The largest absolute Gasteiger partial charge is 0.409 e. The molecule has 5 heteroatoms. The second kappa shape index (κ2) is 4.33. The number of halogens is 1. The van der Waals surface area contributed by atoms with Crippen LogP contribution in [0.25, 0.3) is 0 Å². The number of oxime groups is 1. The Morgan fingerprint density at radius 2 is 2.25 bits per heavy atom. The molecule has 86 valence electrons. The molecule has 0 aliphatic heterocycles. The van der Waals surface area contributed by atoms with Crippen LogP contribution in [0.2, 0.25) is 0 Å². The molecule has 3 N–H and O–H groups in total. The molecule has 16 heavy (non-hydrogen) atoms. The first kappa shape index (κ1) is 11.3. The van der Waals surface area contributed by atoms with Crippen molar-refractivity contribution in [3.8, 4) is 0 Å². The first-order valence-electron chi connectivity index (χ1n) is 5.13. The Hall–Kier alpha value is -1.23. The van der Waals surface area contributed by atoms with Crippen LogP contribution in [-0.4, -0.2) is 24.1 Å². The zero-order valence-corrected chi connectivity index (χ0v) is 10.6. The highest BCUT2D eigenvalue weighted by atomic mass is 79.9. The highest BCUT2D eigenvalue weighted by molar-refractivity contribution is 9.10.